The molecule has 4 rings (SSSR count). The van der Waals surface area contributed by atoms with Crippen molar-refractivity contribution in [1.82, 2.24) is 15.3 Å². The maximum atomic E-state index is 12.0. The molecule has 160 valence electrons. The van der Waals surface area contributed by atoms with Crippen molar-refractivity contribution in [2.75, 3.05) is 17.6 Å². The number of nitrogens with two attached hydrogens (primary N) is 2. The minimum absolute atomic E-state index is 0.206. The second-order valence-corrected chi connectivity index (χ2v) is 7.24. The number of aromatic nitrogens is 2. The Morgan fingerprint density at radius 2 is 1.78 bits per heavy atom. The number of anilines is 2. The normalized spacial score (nSPS) is 10.6. The van der Waals surface area contributed by atoms with Gasteiger partial charge in [-0.2, -0.15) is 0 Å². The van der Waals surface area contributed by atoms with Crippen molar-refractivity contribution in [1.29, 1.82) is 0 Å². The molecule has 0 spiro atoms. The number of benzene rings is 2. The molecule has 2 aromatic heterocycles. The van der Waals surface area contributed by atoms with Crippen LogP contribution in [0.4, 0.5) is 11.5 Å². The highest BCUT2D eigenvalue weighted by atomic mass is 16.2. The predicted molar refractivity (Wildman–Crippen MR) is 125 cm³/mol. The summed E-state index contributed by atoms with van der Waals surface area (Å²) in [4.78, 5) is 31.9. The van der Waals surface area contributed by atoms with Crippen LogP contribution in [0.25, 0.3) is 22.2 Å². The molecular formula is C24H22N6O2. The summed E-state index contributed by atoms with van der Waals surface area (Å²) in [6.07, 6.45) is 1.77. The van der Waals surface area contributed by atoms with E-state index in [2.05, 4.69) is 20.6 Å². The Kier molecular flexibility index (Phi) is 5.94. The molecule has 0 fully saturated rings. The first-order valence-electron chi connectivity index (χ1n) is 10.0. The number of carbonyl (C=O) groups is 2. The Labute approximate surface area is 184 Å². The van der Waals surface area contributed by atoms with Gasteiger partial charge in [-0.05, 0) is 42.0 Å². The van der Waals surface area contributed by atoms with Crippen molar-refractivity contribution in [2.45, 2.75) is 6.54 Å². The monoisotopic (exact) mass is 426 g/mol. The molecular weight excluding hydrogens is 404 g/mol. The number of hydrogen-bond acceptors (Lipinski definition) is 6. The van der Waals surface area contributed by atoms with Crippen molar-refractivity contribution in [3.05, 3.63) is 84.1 Å². The van der Waals surface area contributed by atoms with Gasteiger partial charge in [0.2, 0.25) is 5.91 Å². The number of carbonyl (C=O) groups excluding carboxylic acids is 2. The number of amides is 2. The molecule has 2 heterocycles. The van der Waals surface area contributed by atoms with Crippen LogP contribution in [0.1, 0.15) is 15.9 Å². The smallest absolute Gasteiger partial charge is 0.251 e. The lowest BCUT2D eigenvalue weighted by atomic mass is 10.1. The molecule has 0 aliphatic carbocycles. The molecule has 32 heavy (non-hydrogen) atoms. The first-order chi connectivity index (χ1) is 15.5. The highest BCUT2D eigenvalue weighted by Crippen LogP contribution is 2.24. The second-order valence-electron chi connectivity index (χ2n) is 7.24. The van der Waals surface area contributed by atoms with Crippen molar-refractivity contribution < 1.29 is 9.59 Å². The summed E-state index contributed by atoms with van der Waals surface area (Å²) in [6.45, 7) is 0.342. The van der Waals surface area contributed by atoms with Crippen LogP contribution in [-0.4, -0.2) is 28.3 Å². The van der Waals surface area contributed by atoms with Crippen molar-refractivity contribution in [3.8, 4) is 11.3 Å². The maximum Gasteiger partial charge on any atom is 0.251 e. The molecule has 0 saturated carbocycles. The Hall–Kier alpha value is -4.46. The fourth-order valence-electron chi connectivity index (χ4n) is 3.24. The van der Waals surface area contributed by atoms with Gasteiger partial charge in [-0.25, -0.2) is 4.98 Å². The van der Waals surface area contributed by atoms with Gasteiger partial charge in [-0.3, -0.25) is 14.6 Å². The molecule has 0 atom stereocenters. The lowest BCUT2D eigenvalue weighted by molar-refractivity contribution is -0.117. The number of nitrogen functional groups attached to an aromatic ring is 1. The van der Waals surface area contributed by atoms with Gasteiger partial charge in [0.15, 0.2) is 0 Å². The van der Waals surface area contributed by atoms with Crippen molar-refractivity contribution in [3.63, 3.8) is 0 Å². The second kappa shape index (κ2) is 9.13. The van der Waals surface area contributed by atoms with E-state index < -0.39 is 5.91 Å². The van der Waals surface area contributed by atoms with Crippen LogP contribution in [0.15, 0.2) is 72.9 Å². The zero-order chi connectivity index (χ0) is 22.5. The highest BCUT2D eigenvalue weighted by Gasteiger charge is 2.09. The van der Waals surface area contributed by atoms with E-state index in [1.807, 2.05) is 36.4 Å². The van der Waals surface area contributed by atoms with Crippen LogP contribution in [0, 0.1) is 0 Å². The average Bonchev–Trinajstić information content (AvgIpc) is 2.82. The van der Waals surface area contributed by atoms with E-state index in [9.17, 15) is 9.59 Å². The van der Waals surface area contributed by atoms with Crippen LogP contribution in [-0.2, 0) is 11.3 Å². The zero-order valence-corrected chi connectivity index (χ0v) is 17.2. The molecule has 8 nitrogen and oxygen atoms in total. The van der Waals surface area contributed by atoms with Gasteiger partial charge in [0.25, 0.3) is 5.91 Å². The molecule has 2 amide bonds. The third kappa shape index (κ3) is 4.81. The SMILES string of the molecule is NC(=O)CNC(=O)c1ccc(-c2ccc(N)c(NCc3ccc4cccnc4c3)n2)cc1. The molecule has 4 aromatic rings. The number of nitrogens with zero attached hydrogens (tertiary/aromatic N) is 2. The zero-order valence-electron chi connectivity index (χ0n) is 17.2. The van der Waals surface area contributed by atoms with Crippen molar-refractivity contribution >= 4 is 34.2 Å². The van der Waals surface area contributed by atoms with Crippen LogP contribution in [0.3, 0.4) is 0 Å². The molecule has 0 aliphatic rings. The summed E-state index contributed by atoms with van der Waals surface area (Å²) in [6, 6.07) is 20.6. The fourth-order valence-corrected chi connectivity index (χ4v) is 3.24. The van der Waals surface area contributed by atoms with E-state index in [1.165, 1.54) is 0 Å². The summed E-state index contributed by atoms with van der Waals surface area (Å²) < 4.78 is 0. The summed E-state index contributed by atoms with van der Waals surface area (Å²) in [5, 5.41) is 6.83. The molecule has 6 N–H and O–H groups in total. The van der Waals surface area contributed by atoms with Gasteiger partial charge >= 0.3 is 0 Å². The number of primary amides is 1. The van der Waals surface area contributed by atoms with Gasteiger partial charge in [-0.15, -0.1) is 0 Å². The molecule has 2 aromatic carbocycles. The Morgan fingerprint density at radius 3 is 2.56 bits per heavy atom. The molecule has 0 radical (unpaired) electrons. The van der Waals surface area contributed by atoms with Crippen LogP contribution in [0.2, 0.25) is 0 Å². The number of rotatable bonds is 7. The van der Waals surface area contributed by atoms with Crippen LogP contribution < -0.4 is 22.1 Å². The Balaban J connectivity index is 1.48. The first-order valence-corrected chi connectivity index (χ1v) is 10.0. The fraction of sp³-hybridized carbons (Fsp3) is 0.0833. The first kappa shape index (κ1) is 20.8. The Morgan fingerprint density at radius 1 is 0.969 bits per heavy atom. The van der Waals surface area contributed by atoms with E-state index in [0.29, 0.717) is 29.3 Å². The number of pyridine rings is 2. The van der Waals surface area contributed by atoms with Crippen molar-refractivity contribution in [2.24, 2.45) is 5.73 Å². The van der Waals surface area contributed by atoms with Gasteiger partial charge in [0, 0.05) is 29.3 Å². The van der Waals surface area contributed by atoms with E-state index in [4.69, 9.17) is 11.5 Å². The number of nitrogens with one attached hydrogen (secondary N) is 2. The van der Waals surface area contributed by atoms with Gasteiger partial charge in [0.1, 0.15) is 5.82 Å². The molecule has 0 bridgehead atoms. The quantitative estimate of drug-likeness (QED) is 0.359. The highest BCUT2D eigenvalue weighted by molar-refractivity contribution is 5.96. The lowest BCUT2D eigenvalue weighted by Crippen LogP contribution is -2.33. The summed E-state index contributed by atoms with van der Waals surface area (Å²) in [5.74, 6) is -0.388. The van der Waals surface area contributed by atoms with Gasteiger partial charge in [-0.1, -0.05) is 30.3 Å². The van der Waals surface area contributed by atoms with Crippen LogP contribution in [0.5, 0.6) is 0 Å². The number of fused-ring (bicyclic) bond motifs is 1. The third-order valence-corrected chi connectivity index (χ3v) is 4.92. The van der Waals surface area contributed by atoms with E-state index >= 15 is 0 Å². The largest absolute Gasteiger partial charge is 0.396 e. The molecule has 8 heteroatoms. The Bertz CT molecular complexity index is 1290. The minimum atomic E-state index is -0.596. The summed E-state index contributed by atoms with van der Waals surface area (Å²) >= 11 is 0. The van der Waals surface area contributed by atoms with E-state index in [0.717, 1.165) is 22.0 Å². The molecule has 0 saturated heterocycles. The summed E-state index contributed by atoms with van der Waals surface area (Å²) in [5.41, 5.74) is 15.7. The van der Waals surface area contributed by atoms with Crippen LogP contribution >= 0.6 is 0 Å². The van der Waals surface area contributed by atoms with Gasteiger partial charge < -0.3 is 22.1 Å². The lowest BCUT2D eigenvalue weighted by Gasteiger charge is -2.11. The minimum Gasteiger partial charge on any atom is -0.396 e. The average molecular weight is 426 g/mol. The van der Waals surface area contributed by atoms with E-state index in [-0.39, 0.29) is 12.5 Å². The number of hydrogen-bond donors (Lipinski definition) is 4. The maximum absolute atomic E-state index is 12.0. The summed E-state index contributed by atoms with van der Waals surface area (Å²) in [7, 11) is 0. The third-order valence-electron chi connectivity index (χ3n) is 4.92. The van der Waals surface area contributed by atoms with E-state index in [1.54, 1.807) is 36.5 Å². The topological polar surface area (TPSA) is 136 Å². The standard InChI is InChI=1S/C24H22N6O2/c25-19-9-10-20(17-5-7-18(8-6-17)24(32)29-14-22(26)31)30-23(19)28-13-15-3-4-16-2-1-11-27-21(16)12-15/h1-12H,13-14,25H2,(H2,26,31)(H,28,30)(H,29,32). The molecule has 0 unspecified atom stereocenters. The van der Waals surface area contributed by atoms with Gasteiger partial charge in [0.05, 0.1) is 23.4 Å². The molecule has 0 aliphatic heterocycles. The predicted octanol–water partition coefficient (Wildman–Crippen LogP) is 2.71.